The number of fused-ring (bicyclic) bond motifs is 1. The first kappa shape index (κ1) is 12.8. The molecule has 0 saturated heterocycles. The second kappa shape index (κ2) is 5.80. The number of nitrogens with zero attached hydrogens (tertiary/aromatic N) is 4. The van der Waals surface area contributed by atoms with Crippen LogP contribution in [-0.2, 0) is 0 Å². The van der Waals surface area contributed by atoms with E-state index in [1.807, 2.05) is 17.5 Å². The van der Waals surface area contributed by atoms with Crippen molar-refractivity contribution in [3.05, 3.63) is 18.2 Å². The van der Waals surface area contributed by atoms with E-state index in [2.05, 4.69) is 34.3 Å². The molecule has 0 spiro atoms. The molecule has 0 bridgehead atoms. The molecule has 0 radical (unpaired) electrons. The standard InChI is InChI=1S/C13H21N5/c1-4-5-6-7-10(2)15-12-13-17-16-11(3)18(13)9-8-14-12/h8-10H,4-7H2,1-3H3,(H,14,15). The van der Waals surface area contributed by atoms with Gasteiger partial charge in [0.1, 0.15) is 5.82 Å². The maximum atomic E-state index is 4.35. The van der Waals surface area contributed by atoms with E-state index in [1.165, 1.54) is 19.3 Å². The van der Waals surface area contributed by atoms with E-state index in [0.717, 1.165) is 23.7 Å². The lowest BCUT2D eigenvalue weighted by atomic mass is 10.1. The molecule has 1 unspecified atom stereocenters. The summed E-state index contributed by atoms with van der Waals surface area (Å²) in [6.45, 7) is 6.35. The summed E-state index contributed by atoms with van der Waals surface area (Å²) in [5.41, 5.74) is 0.803. The number of anilines is 1. The van der Waals surface area contributed by atoms with Crippen molar-refractivity contribution in [3.63, 3.8) is 0 Å². The second-order valence-electron chi connectivity index (χ2n) is 4.76. The second-order valence-corrected chi connectivity index (χ2v) is 4.76. The lowest BCUT2D eigenvalue weighted by Crippen LogP contribution is -2.16. The predicted octanol–water partition coefficient (Wildman–Crippen LogP) is 2.81. The van der Waals surface area contributed by atoms with Crippen LogP contribution in [-0.4, -0.2) is 25.6 Å². The molecule has 0 aliphatic heterocycles. The van der Waals surface area contributed by atoms with E-state index in [9.17, 15) is 0 Å². The van der Waals surface area contributed by atoms with E-state index in [1.54, 1.807) is 6.20 Å². The van der Waals surface area contributed by atoms with Gasteiger partial charge in [-0.1, -0.05) is 26.2 Å². The molecule has 0 amide bonds. The highest BCUT2D eigenvalue weighted by molar-refractivity contribution is 5.62. The molecule has 0 fully saturated rings. The fourth-order valence-corrected chi connectivity index (χ4v) is 2.05. The first-order chi connectivity index (χ1) is 8.72. The number of aromatic nitrogens is 4. The van der Waals surface area contributed by atoms with E-state index < -0.39 is 0 Å². The summed E-state index contributed by atoms with van der Waals surface area (Å²) in [5, 5.41) is 11.7. The molecule has 18 heavy (non-hydrogen) atoms. The van der Waals surface area contributed by atoms with Gasteiger partial charge in [-0.2, -0.15) is 0 Å². The Hall–Kier alpha value is -1.65. The SMILES string of the molecule is CCCCCC(C)Nc1nccn2c(C)nnc12. The Morgan fingerprint density at radius 1 is 1.33 bits per heavy atom. The van der Waals surface area contributed by atoms with Gasteiger partial charge >= 0.3 is 0 Å². The highest BCUT2D eigenvalue weighted by Gasteiger charge is 2.09. The van der Waals surface area contributed by atoms with E-state index >= 15 is 0 Å². The van der Waals surface area contributed by atoms with Crippen molar-refractivity contribution in [1.29, 1.82) is 0 Å². The van der Waals surface area contributed by atoms with Crippen LogP contribution < -0.4 is 5.32 Å². The van der Waals surface area contributed by atoms with E-state index in [0.29, 0.717) is 6.04 Å². The minimum absolute atomic E-state index is 0.409. The molecule has 5 nitrogen and oxygen atoms in total. The molecule has 2 aromatic heterocycles. The minimum Gasteiger partial charge on any atom is -0.364 e. The van der Waals surface area contributed by atoms with Crippen molar-refractivity contribution in [2.45, 2.75) is 52.5 Å². The molecule has 2 heterocycles. The molecule has 0 aliphatic carbocycles. The van der Waals surface area contributed by atoms with Gasteiger partial charge in [0.2, 0.25) is 5.65 Å². The summed E-state index contributed by atoms with van der Waals surface area (Å²) in [6, 6.07) is 0.409. The smallest absolute Gasteiger partial charge is 0.203 e. The summed E-state index contributed by atoms with van der Waals surface area (Å²) in [5.74, 6) is 1.70. The van der Waals surface area contributed by atoms with Crippen molar-refractivity contribution >= 4 is 11.5 Å². The average molecular weight is 247 g/mol. The Balaban J connectivity index is 2.07. The van der Waals surface area contributed by atoms with Crippen molar-refractivity contribution in [1.82, 2.24) is 19.6 Å². The zero-order chi connectivity index (χ0) is 13.0. The van der Waals surface area contributed by atoms with E-state index in [-0.39, 0.29) is 0 Å². The number of hydrogen-bond donors (Lipinski definition) is 1. The molecule has 98 valence electrons. The van der Waals surface area contributed by atoms with Crippen LogP contribution in [0.1, 0.15) is 45.4 Å². The minimum atomic E-state index is 0.409. The van der Waals surface area contributed by atoms with Crippen molar-refractivity contribution < 1.29 is 0 Å². The van der Waals surface area contributed by atoms with Crippen molar-refractivity contribution in [2.75, 3.05) is 5.32 Å². The molecule has 2 aromatic rings. The van der Waals surface area contributed by atoms with Gasteiger partial charge in [0.05, 0.1) is 0 Å². The summed E-state index contributed by atoms with van der Waals surface area (Å²) >= 11 is 0. The predicted molar refractivity (Wildman–Crippen MR) is 72.7 cm³/mol. The van der Waals surface area contributed by atoms with Gasteiger partial charge < -0.3 is 5.32 Å². The molecular formula is C13H21N5. The third-order valence-electron chi connectivity index (χ3n) is 3.12. The van der Waals surface area contributed by atoms with Crippen LogP contribution >= 0.6 is 0 Å². The molecule has 1 atom stereocenters. The Bertz CT molecular complexity index is 505. The number of rotatable bonds is 6. The van der Waals surface area contributed by atoms with E-state index in [4.69, 9.17) is 0 Å². The molecule has 5 heteroatoms. The highest BCUT2D eigenvalue weighted by Crippen LogP contribution is 2.15. The lowest BCUT2D eigenvalue weighted by Gasteiger charge is -2.14. The molecule has 0 aromatic carbocycles. The number of unbranched alkanes of at least 4 members (excludes halogenated alkanes) is 2. The maximum Gasteiger partial charge on any atom is 0.203 e. The Kier molecular flexibility index (Phi) is 4.12. The third kappa shape index (κ3) is 2.78. The zero-order valence-electron chi connectivity index (χ0n) is 11.3. The Labute approximate surface area is 108 Å². The van der Waals surface area contributed by atoms with Gasteiger partial charge in [-0.3, -0.25) is 4.40 Å². The summed E-state index contributed by atoms with van der Waals surface area (Å²) < 4.78 is 1.95. The van der Waals surface area contributed by atoms with Gasteiger partial charge in [0, 0.05) is 18.4 Å². The van der Waals surface area contributed by atoms with Crippen LogP contribution in [0.4, 0.5) is 5.82 Å². The van der Waals surface area contributed by atoms with Crippen LogP contribution in [0.2, 0.25) is 0 Å². The molecule has 0 saturated carbocycles. The van der Waals surface area contributed by atoms with Crippen LogP contribution in [0, 0.1) is 6.92 Å². The van der Waals surface area contributed by atoms with Crippen molar-refractivity contribution in [2.24, 2.45) is 0 Å². The van der Waals surface area contributed by atoms with Gasteiger partial charge in [-0.15, -0.1) is 10.2 Å². The number of nitrogens with one attached hydrogen (secondary N) is 1. The van der Waals surface area contributed by atoms with Gasteiger partial charge in [0.15, 0.2) is 5.82 Å². The summed E-state index contributed by atoms with van der Waals surface area (Å²) in [7, 11) is 0. The van der Waals surface area contributed by atoms with Crippen LogP contribution in [0.5, 0.6) is 0 Å². The van der Waals surface area contributed by atoms with Crippen LogP contribution in [0.3, 0.4) is 0 Å². The largest absolute Gasteiger partial charge is 0.364 e. The first-order valence-corrected chi connectivity index (χ1v) is 6.65. The normalized spacial score (nSPS) is 12.8. The molecular weight excluding hydrogens is 226 g/mol. The topological polar surface area (TPSA) is 55.1 Å². The number of aryl methyl sites for hydroxylation is 1. The molecule has 2 rings (SSSR count). The summed E-state index contributed by atoms with van der Waals surface area (Å²) in [6.07, 6.45) is 8.61. The fourth-order valence-electron chi connectivity index (χ4n) is 2.05. The molecule has 0 aliphatic rings. The Morgan fingerprint density at radius 3 is 2.94 bits per heavy atom. The third-order valence-corrected chi connectivity index (χ3v) is 3.12. The molecule has 1 N–H and O–H groups in total. The summed E-state index contributed by atoms with van der Waals surface area (Å²) in [4.78, 5) is 4.35. The maximum absolute atomic E-state index is 4.35. The zero-order valence-corrected chi connectivity index (χ0v) is 11.3. The fraction of sp³-hybridized carbons (Fsp3) is 0.615. The lowest BCUT2D eigenvalue weighted by molar-refractivity contribution is 0.614. The highest BCUT2D eigenvalue weighted by atomic mass is 15.3. The van der Waals surface area contributed by atoms with Gasteiger partial charge in [0.25, 0.3) is 0 Å². The monoisotopic (exact) mass is 247 g/mol. The van der Waals surface area contributed by atoms with Gasteiger partial charge in [-0.05, 0) is 20.3 Å². The van der Waals surface area contributed by atoms with Gasteiger partial charge in [-0.25, -0.2) is 4.98 Å². The van der Waals surface area contributed by atoms with Crippen LogP contribution in [0.25, 0.3) is 5.65 Å². The average Bonchev–Trinajstić information content (AvgIpc) is 2.73. The quantitative estimate of drug-likeness (QED) is 0.797. The van der Waals surface area contributed by atoms with Crippen LogP contribution in [0.15, 0.2) is 12.4 Å². The number of hydrogen-bond acceptors (Lipinski definition) is 4. The van der Waals surface area contributed by atoms with Crippen molar-refractivity contribution in [3.8, 4) is 0 Å². The first-order valence-electron chi connectivity index (χ1n) is 6.65. The Morgan fingerprint density at radius 2 is 2.17 bits per heavy atom.